The van der Waals surface area contributed by atoms with Gasteiger partial charge in [0.2, 0.25) is 0 Å². The molecule has 3 nitrogen and oxygen atoms in total. The Morgan fingerprint density at radius 2 is 2.05 bits per heavy atom. The van der Waals surface area contributed by atoms with E-state index in [0.717, 1.165) is 46.3 Å². The predicted octanol–water partition coefficient (Wildman–Crippen LogP) is 4.63. The van der Waals surface area contributed by atoms with Crippen LogP contribution in [0.1, 0.15) is 44.6 Å². The summed E-state index contributed by atoms with van der Waals surface area (Å²) < 4.78 is 2.12. The first-order chi connectivity index (χ1) is 9.45. The highest BCUT2D eigenvalue weighted by atomic mass is 35.5. The Labute approximate surface area is 125 Å². The lowest BCUT2D eigenvalue weighted by Crippen LogP contribution is -2.09. The zero-order valence-corrected chi connectivity index (χ0v) is 13.3. The standard InChI is InChI=1S/C16H22ClN3/c1-5-6-14-19-15(16(18)20(14)10(2)3)12-8-7-11(4)13(17)9-12/h7-10H,5-6,18H2,1-4H3. The molecule has 2 aromatic rings. The number of benzene rings is 1. The van der Waals surface area contributed by atoms with Gasteiger partial charge in [-0.2, -0.15) is 0 Å². The average molecular weight is 292 g/mol. The molecule has 0 atom stereocenters. The molecule has 0 radical (unpaired) electrons. The van der Waals surface area contributed by atoms with E-state index in [1.165, 1.54) is 0 Å². The molecule has 0 saturated heterocycles. The van der Waals surface area contributed by atoms with Crippen LogP contribution in [0.15, 0.2) is 18.2 Å². The average Bonchev–Trinajstić information content (AvgIpc) is 2.70. The summed E-state index contributed by atoms with van der Waals surface area (Å²) in [6.07, 6.45) is 1.99. The van der Waals surface area contributed by atoms with Crippen LogP contribution in [0.5, 0.6) is 0 Å². The number of imidazole rings is 1. The van der Waals surface area contributed by atoms with Crippen LogP contribution in [0.3, 0.4) is 0 Å². The van der Waals surface area contributed by atoms with Gasteiger partial charge in [-0.1, -0.05) is 30.7 Å². The third-order valence-electron chi connectivity index (χ3n) is 3.46. The number of rotatable bonds is 4. The van der Waals surface area contributed by atoms with Crippen molar-refractivity contribution in [3.8, 4) is 11.3 Å². The quantitative estimate of drug-likeness (QED) is 0.892. The van der Waals surface area contributed by atoms with Gasteiger partial charge in [-0.25, -0.2) is 4.98 Å². The van der Waals surface area contributed by atoms with Gasteiger partial charge in [0.15, 0.2) is 0 Å². The van der Waals surface area contributed by atoms with Crippen molar-refractivity contribution in [2.75, 3.05) is 5.73 Å². The molecule has 1 heterocycles. The first-order valence-corrected chi connectivity index (χ1v) is 7.46. The fourth-order valence-electron chi connectivity index (χ4n) is 2.42. The fraction of sp³-hybridized carbons (Fsp3) is 0.438. The Balaban J connectivity index is 2.56. The van der Waals surface area contributed by atoms with Crippen molar-refractivity contribution >= 4 is 17.4 Å². The lowest BCUT2D eigenvalue weighted by Gasteiger charge is -2.13. The number of nitrogens with zero attached hydrogens (tertiary/aromatic N) is 2. The second kappa shape index (κ2) is 5.88. The lowest BCUT2D eigenvalue weighted by molar-refractivity contribution is 0.571. The molecule has 108 valence electrons. The van der Waals surface area contributed by atoms with Crippen molar-refractivity contribution in [3.05, 3.63) is 34.6 Å². The molecule has 0 amide bonds. The van der Waals surface area contributed by atoms with Crippen LogP contribution in [0.25, 0.3) is 11.3 Å². The van der Waals surface area contributed by atoms with Crippen molar-refractivity contribution < 1.29 is 0 Å². The van der Waals surface area contributed by atoms with Crippen LogP contribution in [0.2, 0.25) is 5.02 Å². The van der Waals surface area contributed by atoms with E-state index in [1.807, 2.05) is 25.1 Å². The van der Waals surface area contributed by atoms with E-state index in [2.05, 4.69) is 25.3 Å². The summed E-state index contributed by atoms with van der Waals surface area (Å²) in [4.78, 5) is 4.74. The number of anilines is 1. The maximum absolute atomic E-state index is 6.31. The molecule has 1 aromatic heterocycles. The van der Waals surface area contributed by atoms with Crippen molar-refractivity contribution in [1.82, 2.24) is 9.55 Å². The minimum absolute atomic E-state index is 0.304. The Morgan fingerprint density at radius 1 is 1.35 bits per heavy atom. The minimum atomic E-state index is 0.304. The summed E-state index contributed by atoms with van der Waals surface area (Å²) in [5.41, 5.74) is 9.19. The Hall–Kier alpha value is -1.48. The topological polar surface area (TPSA) is 43.8 Å². The zero-order chi connectivity index (χ0) is 14.9. The molecular formula is C16H22ClN3. The second-order valence-electron chi connectivity index (χ2n) is 5.44. The normalized spacial score (nSPS) is 11.3. The van der Waals surface area contributed by atoms with E-state index in [1.54, 1.807) is 0 Å². The molecule has 0 aliphatic heterocycles. The van der Waals surface area contributed by atoms with Crippen LogP contribution in [-0.4, -0.2) is 9.55 Å². The molecule has 2 rings (SSSR count). The molecule has 0 saturated carbocycles. The maximum Gasteiger partial charge on any atom is 0.131 e. The smallest absolute Gasteiger partial charge is 0.131 e. The van der Waals surface area contributed by atoms with Gasteiger partial charge in [0, 0.05) is 23.0 Å². The maximum atomic E-state index is 6.31. The van der Waals surface area contributed by atoms with Crippen molar-refractivity contribution in [3.63, 3.8) is 0 Å². The van der Waals surface area contributed by atoms with Gasteiger partial charge in [0.05, 0.1) is 0 Å². The van der Waals surface area contributed by atoms with Gasteiger partial charge < -0.3 is 10.3 Å². The third kappa shape index (κ3) is 2.68. The van der Waals surface area contributed by atoms with Crippen molar-refractivity contribution in [2.24, 2.45) is 0 Å². The first kappa shape index (κ1) is 14.9. The third-order valence-corrected chi connectivity index (χ3v) is 3.86. The molecule has 0 aliphatic rings. The number of aryl methyl sites for hydroxylation is 2. The number of hydrogen-bond donors (Lipinski definition) is 1. The molecule has 20 heavy (non-hydrogen) atoms. The van der Waals surface area contributed by atoms with E-state index in [-0.39, 0.29) is 0 Å². The van der Waals surface area contributed by atoms with E-state index < -0.39 is 0 Å². The fourth-order valence-corrected chi connectivity index (χ4v) is 2.60. The highest BCUT2D eigenvalue weighted by Crippen LogP contribution is 2.31. The SMILES string of the molecule is CCCc1nc(-c2ccc(C)c(Cl)c2)c(N)n1C(C)C. The molecule has 4 heteroatoms. The summed E-state index contributed by atoms with van der Waals surface area (Å²) in [7, 11) is 0. The predicted molar refractivity (Wildman–Crippen MR) is 86.2 cm³/mol. The highest BCUT2D eigenvalue weighted by Gasteiger charge is 2.17. The monoisotopic (exact) mass is 291 g/mol. The van der Waals surface area contributed by atoms with Crippen LogP contribution in [0, 0.1) is 6.92 Å². The van der Waals surface area contributed by atoms with E-state index >= 15 is 0 Å². The van der Waals surface area contributed by atoms with Gasteiger partial charge in [-0.15, -0.1) is 0 Å². The summed E-state index contributed by atoms with van der Waals surface area (Å²) >= 11 is 6.21. The second-order valence-corrected chi connectivity index (χ2v) is 5.85. The molecule has 1 aromatic carbocycles. The number of aromatic nitrogens is 2. The van der Waals surface area contributed by atoms with Crippen LogP contribution in [0.4, 0.5) is 5.82 Å². The van der Waals surface area contributed by atoms with E-state index in [4.69, 9.17) is 22.3 Å². The summed E-state index contributed by atoms with van der Waals surface area (Å²) in [6.45, 7) is 8.40. The highest BCUT2D eigenvalue weighted by molar-refractivity contribution is 6.31. The van der Waals surface area contributed by atoms with Gasteiger partial charge in [-0.3, -0.25) is 0 Å². The summed E-state index contributed by atoms with van der Waals surface area (Å²) in [6, 6.07) is 6.28. The molecule has 0 fully saturated rings. The van der Waals surface area contributed by atoms with Gasteiger partial charge >= 0.3 is 0 Å². The van der Waals surface area contributed by atoms with Crippen LogP contribution < -0.4 is 5.73 Å². The molecule has 0 bridgehead atoms. The zero-order valence-electron chi connectivity index (χ0n) is 12.6. The number of hydrogen-bond acceptors (Lipinski definition) is 2. The Kier molecular flexibility index (Phi) is 4.39. The van der Waals surface area contributed by atoms with Gasteiger partial charge in [-0.05, 0) is 38.8 Å². The molecule has 0 spiro atoms. The lowest BCUT2D eigenvalue weighted by atomic mass is 10.1. The first-order valence-electron chi connectivity index (χ1n) is 7.08. The van der Waals surface area contributed by atoms with E-state index in [9.17, 15) is 0 Å². The van der Waals surface area contributed by atoms with E-state index in [0.29, 0.717) is 6.04 Å². The van der Waals surface area contributed by atoms with Gasteiger partial charge in [0.25, 0.3) is 0 Å². The Morgan fingerprint density at radius 3 is 2.60 bits per heavy atom. The minimum Gasteiger partial charge on any atom is -0.383 e. The summed E-state index contributed by atoms with van der Waals surface area (Å²) in [5.74, 6) is 1.77. The van der Waals surface area contributed by atoms with Crippen LogP contribution >= 0.6 is 11.6 Å². The van der Waals surface area contributed by atoms with Crippen molar-refractivity contribution in [2.45, 2.75) is 46.6 Å². The van der Waals surface area contributed by atoms with Crippen LogP contribution in [-0.2, 0) is 6.42 Å². The molecular weight excluding hydrogens is 270 g/mol. The number of nitrogen functional groups attached to an aromatic ring is 1. The van der Waals surface area contributed by atoms with Gasteiger partial charge in [0.1, 0.15) is 17.3 Å². The Bertz CT molecular complexity index is 614. The summed E-state index contributed by atoms with van der Waals surface area (Å²) in [5, 5.41) is 0.748. The number of halogens is 1. The number of nitrogens with two attached hydrogens (primary N) is 1. The molecule has 0 unspecified atom stereocenters. The molecule has 2 N–H and O–H groups in total. The largest absolute Gasteiger partial charge is 0.383 e. The molecule has 0 aliphatic carbocycles. The van der Waals surface area contributed by atoms with Crippen molar-refractivity contribution in [1.29, 1.82) is 0 Å².